The van der Waals surface area contributed by atoms with Crippen LogP contribution in [0.25, 0.3) is 0 Å². The Morgan fingerprint density at radius 2 is 1.15 bits per heavy atom. The molecule has 1 rings (SSSR count). The molecule has 0 amide bonds. The van der Waals surface area contributed by atoms with Gasteiger partial charge >= 0.3 is 0 Å². The number of hydrogen-bond donors (Lipinski definition) is 5. The second-order valence-corrected chi connectivity index (χ2v) is 3.05. The van der Waals surface area contributed by atoms with Gasteiger partial charge in [-0.25, -0.2) is 0 Å². The Kier molecular flexibility index (Phi) is 3.60. The quantitative estimate of drug-likeness (QED) is 0.317. The van der Waals surface area contributed by atoms with Crippen LogP contribution < -0.4 is 0 Å². The van der Waals surface area contributed by atoms with Crippen LogP contribution in [0.3, 0.4) is 0 Å². The van der Waals surface area contributed by atoms with E-state index in [1.807, 2.05) is 0 Å². The molecule has 1 saturated heterocycles. The highest BCUT2D eigenvalue weighted by Crippen LogP contribution is 2.20. The highest BCUT2D eigenvalue weighted by molar-refractivity contribution is 4.91. The summed E-state index contributed by atoms with van der Waals surface area (Å²) in [4.78, 5) is 0. The predicted octanol–water partition coefficient (Wildman–Crippen LogP) is -3.18. The van der Waals surface area contributed by atoms with Gasteiger partial charge in [0.15, 0.2) is 0 Å². The minimum absolute atomic E-state index is 0.471. The van der Waals surface area contributed by atoms with Gasteiger partial charge in [0.05, 0.1) is 13.2 Å². The topological polar surface area (TPSA) is 110 Å². The predicted molar refractivity (Wildman–Crippen MR) is 40.9 cm³/mol. The third-order valence-corrected chi connectivity index (χ3v) is 2.17. The van der Waals surface area contributed by atoms with Crippen LogP contribution in [-0.4, -0.2) is 69.3 Å². The molecule has 0 bridgehead atoms. The van der Waals surface area contributed by atoms with Gasteiger partial charge in [0, 0.05) is 0 Å². The lowest BCUT2D eigenvalue weighted by Crippen LogP contribution is -2.59. The lowest BCUT2D eigenvalue weighted by atomic mass is 9.95. The van der Waals surface area contributed by atoms with Crippen LogP contribution in [0, 0.1) is 0 Å². The molecule has 0 saturated carbocycles. The Labute approximate surface area is 75.0 Å². The third-order valence-electron chi connectivity index (χ3n) is 2.17. The molecule has 0 spiro atoms. The van der Waals surface area contributed by atoms with Gasteiger partial charge in [-0.05, 0) is 0 Å². The van der Waals surface area contributed by atoms with Crippen LogP contribution >= 0.6 is 0 Å². The van der Waals surface area contributed by atoms with E-state index in [1.54, 1.807) is 0 Å². The van der Waals surface area contributed by atoms with Gasteiger partial charge in [-0.2, -0.15) is 0 Å². The smallest absolute Gasteiger partial charge is 0.111 e. The maximum Gasteiger partial charge on any atom is 0.111 e. The second kappa shape index (κ2) is 4.32. The Hall–Kier alpha value is -0.240. The molecule has 0 aromatic carbocycles. The van der Waals surface area contributed by atoms with Crippen molar-refractivity contribution in [2.45, 2.75) is 30.5 Å². The Bertz CT molecular complexity index is 143. The molecule has 6 heteroatoms. The first-order valence-electron chi connectivity index (χ1n) is 4.03. The van der Waals surface area contributed by atoms with E-state index < -0.39 is 43.7 Å². The average Bonchev–Trinajstić information content (AvgIpc) is 2.15. The second-order valence-electron chi connectivity index (χ2n) is 3.05. The summed E-state index contributed by atoms with van der Waals surface area (Å²) in [6.07, 6.45) is -5.99. The molecule has 0 aromatic heterocycles. The summed E-state index contributed by atoms with van der Waals surface area (Å²) in [7, 11) is 0. The molecule has 1 fully saturated rings. The zero-order chi connectivity index (χ0) is 10.0. The molecule has 1 aliphatic heterocycles. The Morgan fingerprint density at radius 1 is 0.769 bits per heavy atom. The Balaban J connectivity index is 2.66. The van der Waals surface area contributed by atoms with Gasteiger partial charge in [-0.15, -0.1) is 0 Å². The zero-order valence-corrected chi connectivity index (χ0v) is 6.95. The number of hydrogen-bond acceptors (Lipinski definition) is 6. The normalized spacial score (nSPS) is 46.4. The van der Waals surface area contributed by atoms with Gasteiger partial charge in [0.25, 0.3) is 0 Å². The fourth-order valence-electron chi connectivity index (χ4n) is 1.33. The lowest BCUT2D eigenvalue weighted by Gasteiger charge is -2.39. The van der Waals surface area contributed by atoms with Crippen LogP contribution in [0.15, 0.2) is 0 Å². The summed E-state index contributed by atoms with van der Waals surface area (Å²) in [5, 5.41) is 45.2. The number of aliphatic hydroxyl groups is 5. The van der Waals surface area contributed by atoms with Crippen molar-refractivity contribution >= 4 is 0 Å². The first kappa shape index (κ1) is 10.8. The molecule has 6 nitrogen and oxygen atoms in total. The summed E-state index contributed by atoms with van der Waals surface area (Å²) >= 11 is 0. The van der Waals surface area contributed by atoms with E-state index in [4.69, 9.17) is 14.9 Å². The molecule has 0 radical (unpaired) electrons. The van der Waals surface area contributed by atoms with E-state index in [1.165, 1.54) is 0 Å². The molecule has 3 unspecified atom stereocenters. The monoisotopic (exact) mass is 194 g/mol. The lowest BCUT2D eigenvalue weighted by molar-refractivity contribution is -0.235. The molecule has 13 heavy (non-hydrogen) atoms. The fourth-order valence-corrected chi connectivity index (χ4v) is 1.33. The largest absolute Gasteiger partial charge is 0.394 e. The van der Waals surface area contributed by atoms with E-state index in [-0.39, 0.29) is 0 Å². The van der Waals surface area contributed by atoms with E-state index in [9.17, 15) is 15.3 Å². The molecule has 78 valence electrons. The van der Waals surface area contributed by atoms with E-state index in [0.29, 0.717) is 0 Å². The fraction of sp³-hybridized carbons (Fsp3) is 1.00. The number of aliphatic hydroxyl groups excluding tert-OH is 5. The van der Waals surface area contributed by atoms with Gasteiger partial charge < -0.3 is 30.3 Å². The van der Waals surface area contributed by atoms with E-state index in [0.717, 1.165) is 0 Å². The minimum atomic E-state index is -1.40. The molecule has 1 aliphatic rings. The highest BCUT2D eigenvalue weighted by Gasteiger charge is 2.42. The van der Waals surface area contributed by atoms with Crippen LogP contribution in [-0.2, 0) is 4.74 Å². The van der Waals surface area contributed by atoms with Gasteiger partial charge in [0.1, 0.15) is 30.5 Å². The summed E-state index contributed by atoms with van der Waals surface area (Å²) in [6, 6.07) is 0. The SMILES string of the molecule is OCC1O[C@H](CO)C(O)C(O)[C@@H]1O. The molecular formula is C7H14O6. The van der Waals surface area contributed by atoms with Crippen molar-refractivity contribution in [2.24, 2.45) is 0 Å². The van der Waals surface area contributed by atoms with Crippen molar-refractivity contribution < 1.29 is 30.3 Å². The van der Waals surface area contributed by atoms with Crippen molar-refractivity contribution in [2.75, 3.05) is 13.2 Å². The third kappa shape index (κ3) is 1.98. The maximum atomic E-state index is 9.25. The summed E-state index contributed by atoms with van der Waals surface area (Å²) < 4.78 is 4.92. The first-order chi connectivity index (χ1) is 6.11. The first-order valence-corrected chi connectivity index (χ1v) is 4.03. The van der Waals surface area contributed by atoms with Crippen molar-refractivity contribution in [3.8, 4) is 0 Å². The number of ether oxygens (including phenoxy) is 1. The van der Waals surface area contributed by atoms with Crippen LogP contribution in [0.2, 0.25) is 0 Å². The van der Waals surface area contributed by atoms with Crippen molar-refractivity contribution in [1.29, 1.82) is 0 Å². The minimum Gasteiger partial charge on any atom is -0.394 e. The van der Waals surface area contributed by atoms with Gasteiger partial charge in [0.2, 0.25) is 0 Å². The van der Waals surface area contributed by atoms with E-state index in [2.05, 4.69) is 0 Å². The summed E-state index contributed by atoms with van der Waals surface area (Å²) in [5.74, 6) is 0. The highest BCUT2D eigenvalue weighted by atomic mass is 16.6. The Morgan fingerprint density at radius 3 is 1.46 bits per heavy atom. The molecule has 1 heterocycles. The van der Waals surface area contributed by atoms with Crippen molar-refractivity contribution in [3.05, 3.63) is 0 Å². The summed E-state index contributed by atoms with van der Waals surface area (Å²) in [5.41, 5.74) is 0. The molecule has 0 aliphatic carbocycles. The molecule has 5 atom stereocenters. The standard InChI is InChI=1S/C7H14O6/c8-1-3-5(10)7(12)6(11)4(2-9)13-3/h3-12H,1-2H2/t3-,4?,5?,6-,7?/m1/s1. The van der Waals surface area contributed by atoms with Gasteiger partial charge in [-0.3, -0.25) is 0 Å². The number of rotatable bonds is 2. The van der Waals surface area contributed by atoms with Crippen LogP contribution in [0.1, 0.15) is 0 Å². The summed E-state index contributed by atoms with van der Waals surface area (Å²) in [6.45, 7) is -0.942. The van der Waals surface area contributed by atoms with Crippen LogP contribution in [0.4, 0.5) is 0 Å². The molecule has 5 N–H and O–H groups in total. The van der Waals surface area contributed by atoms with Crippen molar-refractivity contribution in [3.63, 3.8) is 0 Å². The van der Waals surface area contributed by atoms with Crippen LogP contribution in [0.5, 0.6) is 0 Å². The average molecular weight is 194 g/mol. The molecule has 0 aromatic rings. The van der Waals surface area contributed by atoms with Gasteiger partial charge in [-0.1, -0.05) is 0 Å². The van der Waals surface area contributed by atoms with Crippen molar-refractivity contribution in [1.82, 2.24) is 0 Å². The van der Waals surface area contributed by atoms with E-state index >= 15 is 0 Å². The molecular weight excluding hydrogens is 180 g/mol. The zero-order valence-electron chi connectivity index (χ0n) is 6.95. The maximum absolute atomic E-state index is 9.25.